The molecule has 4 aromatic rings. The van der Waals surface area contributed by atoms with Gasteiger partial charge in [0.1, 0.15) is 5.69 Å². The second-order valence-electron chi connectivity index (χ2n) is 9.45. The lowest BCUT2D eigenvalue weighted by Crippen LogP contribution is -2.44. The van der Waals surface area contributed by atoms with Crippen molar-refractivity contribution in [3.63, 3.8) is 0 Å². The smallest absolute Gasteiger partial charge is 0.287 e. The number of aromatic nitrogens is 4. The maximum absolute atomic E-state index is 12.9. The van der Waals surface area contributed by atoms with Crippen LogP contribution >= 0.6 is 0 Å². The van der Waals surface area contributed by atoms with Gasteiger partial charge in [0.05, 0.1) is 5.69 Å². The van der Waals surface area contributed by atoms with E-state index in [4.69, 9.17) is 0 Å². The molecule has 1 amide bonds. The molecule has 3 heterocycles. The molecule has 0 fully saturated rings. The van der Waals surface area contributed by atoms with Crippen molar-refractivity contribution in [1.82, 2.24) is 25.3 Å². The first kappa shape index (κ1) is 24.2. The number of carbonyl (C=O) groups is 1. The Morgan fingerprint density at radius 2 is 1.68 bits per heavy atom. The maximum atomic E-state index is 12.9. The summed E-state index contributed by atoms with van der Waals surface area (Å²) < 4.78 is 0. The Kier molecular flexibility index (Phi) is 6.02. The molecule has 0 bridgehead atoms. The van der Waals surface area contributed by atoms with Crippen LogP contribution in [0.1, 0.15) is 49.8 Å². The van der Waals surface area contributed by atoms with Gasteiger partial charge in [0.25, 0.3) is 11.5 Å². The first-order chi connectivity index (χ1) is 17.6. The lowest BCUT2D eigenvalue weighted by molar-refractivity contribution is 0.0940. The Morgan fingerprint density at radius 1 is 0.946 bits per heavy atom. The number of rotatable bonds is 5. The molecular weight excluding hydrogens is 472 g/mol. The summed E-state index contributed by atoms with van der Waals surface area (Å²) in [6.45, 7) is 8.37. The van der Waals surface area contributed by atoms with Crippen LogP contribution in [0.25, 0.3) is 11.5 Å². The quantitative estimate of drug-likeness (QED) is 0.395. The fraction of sp³-hybridized carbons (Fsp3) is 0.296. The number of amides is 1. The number of hydrogen-bond acceptors (Lipinski definition) is 8. The summed E-state index contributed by atoms with van der Waals surface area (Å²) in [7, 11) is 0. The molecule has 1 aliphatic heterocycles. The number of anilines is 1. The molecule has 2 N–H and O–H groups in total. The van der Waals surface area contributed by atoms with E-state index in [2.05, 4.69) is 25.3 Å². The van der Waals surface area contributed by atoms with Crippen LogP contribution < -0.4 is 26.6 Å². The van der Waals surface area contributed by atoms with E-state index in [1.807, 2.05) is 43.0 Å². The average Bonchev–Trinajstić information content (AvgIpc) is 2.87. The largest absolute Gasteiger partial charge is 0.363 e. The van der Waals surface area contributed by atoms with Crippen LogP contribution in [0.15, 0.2) is 38.6 Å². The minimum atomic E-state index is -0.526. The zero-order valence-electron chi connectivity index (χ0n) is 21.1. The standard InChI is InChI=1S/C27H26N6O4/c1-13-9-14(2)30-24(29-13)20-15(3)26(36)32-25(31-20)27(37)28-11-17-5-6-18-7-8-33(12-19(18)10-17)21-16(4)22(34)23(21)35/h5-6,9-10H,7-8,11-12H2,1-4H3,(H,28,37)(H,31,32,36). The topological polar surface area (TPSA) is 138 Å². The monoisotopic (exact) mass is 498 g/mol. The van der Waals surface area contributed by atoms with Crippen molar-refractivity contribution in [2.24, 2.45) is 0 Å². The van der Waals surface area contributed by atoms with E-state index in [1.54, 1.807) is 13.8 Å². The summed E-state index contributed by atoms with van der Waals surface area (Å²) in [5.41, 5.74) is 4.91. The minimum Gasteiger partial charge on any atom is -0.363 e. The summed E-state index contributed by atoms with van der Waals surface area (Å²) in [5.74, 6) is -0.346. The fourth-order valence-electron chi connectivity index (χ4n) is 4.74. The summed E-state index contributed by atoms with van der Waals surface area (Å²) in [5, 5.41) is 2.81. The van der Waals surface area contributed by atoms with Crippen molar-refractivity contribution in [1.29, 1.82) is 0 Å². The predicted molar refractivity (Wildman–Crippen MR) is 139 cm³/mol. The third-order valence-electron chi connectivity index (χ3n) is 6.73. The Morgan fingerprint density at radius 3 is 2.38 bits per heavy atom. The highest BCUT2D eigenvalue weighted by Crippen LogP contribution is 2.25. The molecule has 188 valence electrons. The number of nitrogens with zero attached hydrogens (tertiary/aromatic N) is 4. The number of fused-ring (bicyclic) bond motifs is 1. The Balaban J connectivity index is 1.34. The van der Waals surface area contributed by atoms with E-state index >= 15 is 0 Å². The zero-order valence-corrected chi connectivity index (χ0v) is 21.1. The molecule has 10 nitrogen and oxygen atoms in total. The highest BCUT2D eigenvalue weighted by atomic mass is 16.2. The van der Waals surface area contributed by atoms with Gasteiger partial charge in [-0.05, 0) is 56.9 Å². The van der Waals surface area contributed by atoms with Crippen LogP contribution in [0, 0.1) is 27.7 Å². The van der Waals surface area contributed by atoms with Gasteiger partial charge in [0.2, 0.25) is 10.9 Å². The first-order valence-electron chi connectivity index (χ1n) is 12.0. The fourth-order valence-corrected chi connectivity index (χ4v) is 4.74. The SMILES string of the molecule is Cc1cc(C)nc(-c2nc(C(=O)NCc3ccc4c(c3)CN(c3c(C)c(=O)c3=O)CC4)[nH]c(=O)c2C)n1. The van der Waals surface area contributed by atoms with Gasteiger partial charge in [-0.2, -0.15) is 0 Å². The Hall–Kier alpha value is -4.47. The van der Waals surface area contributed by atoms with Crippen molar-refractivity contribution in [3.05, 3.63) is 100 Å². The molecule has 0 saturated heterocycles. The zero-order chi connectivity index (χ0) is 26.4. The maximum Gasteiger partial charge on any atom is 0.287 e. The molecule has 1 aliphatic rings. The lowest BCUT2D eigenvalue weighted by Gasteiger charge is -2.32. The van der Waals surface area contributed by atoms with Crippen LogP contribution in [0.4, 0.5) is 5.69 Å². The normalized spacial score (nSPS) is 13.0. The molecule has 0 atom stereocenters. The Bertz CT molecular complexity index is 1680. The van der Waals surface area contributed by atoms with Crippen molar-refractivity contribution in [3.8, 4) is 11.5 Å². The number of H-pyrrole nitrogens is 1. The summed E-state index contributed by atoms with van der Waals surface area (Å²) >= 11 is 0. The van der Waals surface area contributed by atoms with Crippen LogP contribution in [0.3, 0.4) is 0 Å². The van der Waals surface area contributed by atoms with E-state index < -0.39 is 22.3 Å². The number of nitrogens with one attached hydrogen (secondary N) is 2. The van der Waals surface area contributed by atoms with Gasteiger partial charge in [-0.25, -0.2) is 15.0 Å². The third kappa shape index (κ3) is 4.46. The van der Waals surface area contributed by atoms with Gasteiger partial charge >= 0.3 is 0 Å². The molecule has 0 unspecified atom stereocenters. The summed E-state index contributed by atoms with van der Waals surface area (Å²) in [6, 6.07) is 7.77. The highest BCUT2D eigenvalue weighted by Gasteiger charge is 2.26. The third-order valence-corrected chi connectivity index (χ3v) is 6.73. The van der Waals surface area contributed by atoms with Crippen LogP contribution in [-0.4, -0.2) is 32.4 Å². The van der Waals surface area contributed by atoms with Gasteiger partial charge in [0, 0.05) is 42.1 Å². The van der Waals surface area contributed by atoms with E-state index in [1.165, 1.54) is 5.56 Å². The molecule has 0 spiro atoms. The summed E-state index contributed by atoms with van der Waals surface area (Å²) in [6.07, 6.45) is 0.762. The molecule has 10 heteroatoms. The molecule has 2 aromatic carbocycles. The van der Waals surface area contributed by atoms with Crippen LogP contribution in [-0.2, 0) is 19.5 Å². The summed E-state index contributed by atoms with van der Waals surface area (Å²) in [4.78, 5) is 66.7. The number of aromatic amines is 1. The number of aryl methyl sites for hydroxylation is 2. The van der Waals surface area contributed by atoms with Crippen molar-refractivity contribution < 1.29 is 4.79 Å². The Labute approximate surface area is 212 Å². The van der Waals surface area contributed by atoms with Gasteiger partial charge in [-0.3, -0.25) is 19.2 Å². The van der Waals surface area contributed by atoms with Crippen LogP contribution in [0.2, 0.25) is 0 Å². The molecule has 2 aromatic heterocycles. The van der Waals surface area contributed by atoms with Gasteiger partial charge in [0.15, 0.2) is 11.6 Å². The molecule has 5 rings (SSSR count). The van der Waals surface area contributed by atoms with Crippen molar-refractivity contribution in [2.75, 3.05) is 11.4 Å². The molecule has 37 heavy (non-hydrogen) atoms. The highest BCUT2D eigenvalue weighted by molar-refractivity contribution is 5.90. The number of hydrogen-bond donors (Lipinski definition) is 2. The second kappa shape index (κ2) is 9.20. The lowest BCUT2D eigenvalue weighted by atomic mass is 9.95. The van der Waals surface area contributed by atoms with E-state index in [0.717, 1.165) is 28.9 Å². The van der Waals surface area contributed by atoms with Gasteiger partial charge < -0.3 is 15.2 Å². The molecule has 0 saturated carbocycles. The average molecular weight is 499 g/mol. The predicted octanol–water partition coefficient (Wildman–Crippen LogP) is 1.55. The number of benzene rings is 1. The minimum absolute atomic E-state index is 0.118. The van der Waals surface area contributed by atoms with Crippen LogP contribution in [0.5, 0.6) is 0 Å². The molecular formula is C27H26N6O4. The van der Waals surface area contributed by atoms with E-state index in [-0.39, 0.29) is 18.1 Å². The van der Waals surface area contributed by atoms with E-state index in [0.29, 0.717) is 35.7 Å². The van der Waals surface area contributed by atoms with E-state index in [9.17, 15) is 19.2 Å². The van der Waals surface area contributed by atoms with Gasteiger partial charge in [-0.15, -0.1) is 0 Å². The first-order valence-corrected chi connectivity index (χ1v) is 12.0. The number of carbonyl (C=O) groups excluding carboxylic acids is 1. The molecule has 0 radical (unpaired) electrons. The van der Waals surface area contributed by atoms with Crippen molar-refractivity contribution in [2.45, 2.75) is 47.2 Å². The second-order valence-corrected chi connectivity index (χ2v) is 9.45. The van der Waals surface area contributed by atoms with Gasteiger partial charge in [-0.1, -0.05) is 18.2 Å². The molecule has 0 aliphatic carbocycles. The van der Waals surface area contributed by atoms with Crippen molar-refractivity contribution >= 4 is 11.6 Å².